The summed E-state index contributed by atoms with van der Waals surface area (Å²) in [4.78, 5) is 0. The third-order valence-corrected chi connectivity index (χ3v) is 3.37. The predicted molar refractivity (Wildman–Crippen MR) is 59.8 cm³/mol. The van der Waals surface area contributed by atoms with Crippen LogP contribution in [-0.4, -0.2) is 20.5 Å². The summed E-state index contributed by atoms with van der Waals surface area (Å²) < 4.78 is 2.02. The molecule has 0 bridgehead atoms. The van der Waals surface area contributed by atoms with Gasteiger partial charge in [-0.1, -0.05) is 6.92 Å². The second-order valence-electron chi connectivity index (χ2n) is 4.55. The molecule has 0 spiro atoms. The normalized spacial score (nSPS) is 18.9. The standard InChI is InChI=1S/C12H20N2O/c1-3-10-8-11(14(4-2)13-10)9-12(15)6-5-7-12/h8,15H,3-7,9H2,1-2H3. The van der Waals surface area contributed by atoms with Crippen molar-refractivity contribution >= 4 is 0 Å². The highest BCUT2D eigenvalue weighted by atomic mass is 16.3. The highest BCUT2D eigenvalue weighted by molar-refractivity contribution is 5.14. The molecule has 1 N–H and O–H groups in total. The molecule has 0 amide bonds. The maximum absolute atomic E-state index is 10.1. The average Bonchev–Trinajstić information content (AvgIpc) is 2.58. The van der Waals surface area contributed by atoms with E-state index >= 15 is 0 Å². The van der Waals surface area contributed by atoms with Crippen LogP contribution in [0.5, 0.6) is 0 Å². The number of aromatic nitrogens is 2. The van der Waals surface area contributed by atoms with Crippen molar-refractivity contribution in [3.63, 3.8) is 0 Å². The summed E-state index contributed by atoms with van der Waals surface area (Å²) in [5, 5.41) is 14.6. The molecule has 0 atom stereocenters. The van der Waals surface area contributed by atoms with Gasteiger partial charge in [-0.25, -0.2) is 0 Å². The molecule has 2 rings (SSSR count). The third-order valence-electron chi connectivity index (χ3n) is 3.37. The zero-order valence-electron chi connectivity index (χ0n) is 9.66. The molecule has 1 saturated carbocycles. The van der Waals surface area contributed by atoms with Crippen LogP contribution in [0.1, 0.15) is 44.5 Å². The first kappa shape index (κ1) is 10.7. The van der Waals surface area contributed by atoms with Gasteiger partial charge in [0.25, 0.3) is 0 Å². The highest BCUT2D eigenvalue weighted by Crippen LogP contribution is 2.34. The Kier molecular flexibility index (Phi) is 2.83. The molecule has 0 unspecified atom stereocenters. The summed E-state index contributed by atoms with van der Waals surface area (Å²) in [7, 11) is 0. The Balaban J connectivity index is 2.15. The Morgan fingerprint density at radius 2 is 2.20 bits per heavy atom. The molecule has 1 fully saturated rings. The Morgan fingerprint density at radius 1 is 1.47 bits per heavy atom. The van der Waals surface area contributed by atoms with Gasteiger partial charge in [0.1, 0.15) is 0 Å². The molecule has 1 aliphatic rings. The van der Waals surface area contributed by atoms with E-state index in [9.17, 15) is 5.11 Å². The summed E-state index contributed by atoms with van der Waals surface area (Å²) in [6.45, 7) is 5.11. The van der Waals surface area contributed by atoms with Crippen LogP contribution in [0.15, 0.2) is 6.07 Å². The Labute approximate surface area is 91.1 Å². The van der Waals surface area contributed by atoms with Crippen molar-refractivity contribution in [2.24, 2.45) is 0 Å². The summed E-state index contributed by atoms with van der Waals surface area (Å²) in [6.07, 6.45) is 4.80. The lowest BCUT2D eigenvalue weighted by atomic mass is 9.77. The van der Waals surface area contributed by atoms with Gasteiger partial charge in [-0.2, -0.15) is 5.10 Å². The summed E-state index contributed by atoms with van der Waals surface area (Å²) in [5.41, 5.74) is 1.89. The van der Waals surface area contributed by atoms with Gasteiger partial charge in [0, 0.05) is 18.7 Å². The Hall–Kier alpha value is -0.830. The van der Waals surface area contributed by atoms with Crippen LogP contribution < -0.4 is 0 Å². The van der Waals surface area contributed by atoms with E-state index in [0.717, 1.165) is 44.3 Å². The molecule has 3 heteroatoms. The number of hydrogen-bond donors (Lipinski definition) is 1. The van der Waals surface area contributed by atoms with Crippen molar-refractivity contribution < 1.29 is 5.11 Å². The minimum atomic E-state index is -0.433. The zero-order chi connectivity index (χ0) is 10.9. The molecule has 0 aliphatic heterocycles. The first-order valence-corrected chi connectivity index (χ1v) is 5.95. The van der Waals surface area contributed by atoms with Gasteiger partial charge < -0.3 is 5.11 Å². The average molecular weight is 208 g/mol. The predicted octanol–water partition coefficient (Wildman–Crippen LogP) is 1.92. The summed E-state index contributed by atoms with van der Waals surface area (Å²) >= 11 is 0. The first-order valence-electron chi connectivity index (χ1n) is 5.95. The van der Waals surface area contributed by atoms with E-state index in [1.165, 1.54) is 5.69 Å². The van der Waals surface area contributed by atoms with Crippen molar-refractivity contribution in [3.05, 3.63) is 17.5 Å². The number of aryl methyl sites for hydroxylation is 2. The molecule has 15 heavy (non-hydrogen) atoms. The van der Waals surface area contributed by atoms with E-state index in [2.05, 4.69) is 25.0 Å². The number of aliphatic hydroxyl groups is 1. The minimum Gasteiger partial charge on any atom is -0.389 e. The van der Waals surface area contributed by atoms with Crippen molar-refractivity contribution in [3.8, 4) is 0 Å². The fraction of sp³-hybridized carbons (Fsp3) is 0.750. The van der Waals surface area contributed by atoms with Gasteiger partial charge in [-0.15, -0.1) is 0 Å². The quantitative estimate of drug-likeness (QED) is 0.821. The van der Waals surface area contributed by atoms with Gasteiger partial charge in [0.2, 0.25) is 0 Å². The Bertz CT molecular complexity index is 339. The molecule has 1 aliphatic carbocycles. The topological polar surface area (TPSA) is 38.0 Å². The van der Waals surface area contributed by atoms with E-state index in [0.29, 0.717) is 0 Å². The molecule has 84 valence electrons. The third kappa shape index (κ3) is 2.07. The lowest BCUT2D eigenvalue weighted by molar-refractivity contribution is -0.0338. The van der Waals surface area contributed by atoms with Crippen LogP contribution in [0.25, 0.3) is 0 Å². The Morgan fingerprint density at radius 3 is 2.67 bits per heavy atom. The molecule has 1 aromatic heterocycles. The van der Waals surface area contributed by atoms with E-state index in [1.54, 1.807) is 0 Å². The van der Waals surface area contributed by atoms with Gasteiger partial charge in [-0.3, -0.25) is 4.68 Å². The first-order chi connectivity index (χ1) is 7.17. The second-order valence-corrected chi connectivity index (χ2v) is 4.55. The molecule has 0 aromatic carbocycles. The largest absolute Gasteiger partial charge is 0.389 e. The minimum absolute atomic E-state index is 0.433. The highest BCUT2D eigenvalue weighted by Gasteiger charge is 2.35. The van der Waals surface area contributed by atoms with E-state index in [-0.39, 0.29) is 0 Å². The van der Waals surface area contributed by atoms with Crippen molar-refractivity contribution in [1.82, 2.24) is 9.78 Å². The van der Waals surface area contributed by atoms with Crippen LogP contribution in [0.2, 0.25) is 0 Å². The molecule has 0 radical (unpaired) electrons. The molecular formula is C12H20N2O. The molecule has 0 saturated heterocycles. The van der Waals surface area contributed by atoms with Crippen LogP contribution in [-0.2, 0) is 19.4 Å². The molecule has 1 aromatic rings. The van der Waals surface area contributed by atoms with Crippen LogP contribution >= 0.6 is 0 Å². The monoisotopic (exact) mass is 208 g/mol. The SMILES string of the molecule is CCc1cc(CC2(O)CCC2)n(CC)n1. The fourth-order valence-electron chi connectivity index (χ4n) is 2.20. The fourth-order valence-corrected chi connectivity index (χ4v) is 2.20. The number of nitrogens with zero attached hydrogens (tertiary/aromatic N) is 2. The summed E-state index contributed by atoms with van der Waals surface area (Å²) in [5.74, 6) is 0. The molecule has 1 heterocycles. The van der Waals surface area contributed by atoms with Gasteiger partial charge in [0.15, 0.2) is 0 Å². The van der Waals surface area contributed by atoms with E-state index in [1.807, 2.05) is 4.68 Å². The van der Waals surface area contributed by atoms with Crippen LogP contribution in [0.4, 0.5) is 0 Å². The van der Waals surface area contributed by atoms with Crippen molar-refractivity contribution in [1.29, 1.82) is 0 Å². The molecule has 3 nitrogen and oxygen atoms in total. The van der Waals surface area contributed by atoms with Crippen molar-refractivity contribution in [2.45, 2.75) is 58.1 Å². The number of rotatable bonds is 4. The maximum atomic E-state index is 10.1. The van der Waals surface area contributed by atoms with Gasteiger partial charge in [0.05, 0.1) is 11.3 Å². The summed E-state index contributed by atoms with van der Waals surface area (Å²) in [6, 6.07) is 2.14. The second kappa shape index (κ2) is 3.97. The van der Waals surface area contributed by atoms with Gasteiger partial charge in [-0.05, 0) is 38.7 Å². The smallest absolute Gasteiger partial charge is 0.0702 e. The zero-order valence-corrected chi connectivity index (χ0v) is 9.66. The van der Waals surface area contributed by atoms with Gasteiger partial charge >= 0.3 is 0 Å². The van der Waals surface area contributed by atoms with Crippen molar-refractivity contribution in [2.75, 3.05) is 0 Å². The van der Waals surface area contributed by atoms with E-state index in [4.69, 9.17) is 0 Å². The lowest BCUT2D eigenvalue weighted by Gasteiger charge is -2.36. The van der Waals surface area contributed by atoms with Crippen LogP contribution in [0.3, 0.4) is 0 Å². The lowest BCUT2D eigenvalue weighted by Crippen LogP contribution is -2.39. The molecular weight excluding hydrogens is 188 g/mol. The van der Waals surface area contributed by atoms with Crippen LogP contribution in [0, 0.1) is 0 Å². The maximum Gasteiger partial charge on any atom is 0.0702 e. The number of hydrogen-bond acceptors (Lipinski definition) is 2. The van der Waals surface area contributed by atoms with E-state index < -0.39 is 5.60 Å².